The summed E-state index contributed by atoms with van der Waals surface area (Å²) in [6.07, 6.45) is 7.25. The van der Waals surface area contributed by atoms with Gasteiger partial charge in [-0.05, 0) is 31.2 Å². The lowest BCUT2D eigenvalue weighted by Gasteiger charge is -2.26. The van der Waals surface area contributed by atoms with E-state index in [-0.39, 0.29) is 0 Å². The summed E-state index contributed by atoms with van der Waals surface area (Å²) in [7, 11) is 4.89. The van der Waals surface area contributed by atoms with Crippen molar-refractivity contribution in [2.75, 3.05) is 39.4 Å². The molecule has 38 heavy (non-hydrogen) atoms. The van der Waals surface area contributed by atoms with Gasteiger partial charge >= 0.3 is 0 Å². The van der Waals surface area contributed by atoms with E-state index in [1.165, 1.54) is 0 Å². The minimum atomic E-state index is 0.324. The van der Waals surface area contributed by atoms with Gasteiger partial charge in [-0.2, -0.15) is 11.0 Å². The van der Waals surface area contributed by atoms with Crippen LogP contribution in [0.15, 0.2) is 79.0 Å². The maximum Gasteiger partial charge on any atom is 0.143 e. The molecule has 4 rings (SSSR count). The molecule has 0 bridgehead atoms. The quantitative estimate of drug-likeness (QED) is 0.163. The van der Waals surface area contributed by atoms with Crippen LogP contribution in [0.2, 0.25) is 0 Å². The Bertz CT molecular complexity index is 1430. The van der Waals surface area contributed by atoms with Crippen LogP contribution in [0, 0.1) is 0 Å². The second-order valence-corrected chi connectivity index (χ2v) is 8.65. The van der Waals surface area contributed by atoms with E-state index in [0.29, 0.717) is 37.0 Å². The van der Waals surface area contributed by atoms with Crippen molar-refractivity contribution in [1.29, 1.82) is 0 Å². The number of rotatable bonds is 12. The molecule has 10 heteroatoms. The van der Waals surface area contributed by atoms with E-state index >= 15 is 0 Å². The second-order valence-electron chi connectivity index (χ2n) is 8.65. The first kappa shape index (κ1) is 26.6. The molecule has 0 saturated carbocycles. The van der Waals surface area contributed by atoms with Crippen molar-refractivity contribution in [2.45, 2.75) is 13.5 Å². The van der Waals surface area contributed by atoms with Gasteiger partial charge in [0.05, 0.1) is 63.0 Å². The van der Waals surface area contributed by atoms with Crippen LogP contribution in [-0.2, 0) is 16.1 Å². The third-order valence-corrected chi connectivity index (χ3v) is 5.81. The molecule has 0 unspecified atom stereocenters. The van der Waals surface area contributed by atoms with Crippen LogP contribution in [0.4, 0.5) is 11.4 Å². The fourth-order valence-corrected chi connectivity index (χ4v) is 3.94. The SMILES string of the molecule is C=C(C)/C=C(/CN(c1cc(OC)cc(OC)c1)c1ccc2ncc(-c3cnn(CCOC)c3)nc2c1)ON. The van der Waals surface area contributed by atoms with Gasteiger partial charge < -0.3 is 23.9 Å². The van der Waals surface area contributed by atoms with Gasteiger partial charge in [-0.15, -0.1) is 0 Å². The molecule has 10 nitrogen and oxygen atoms in total. The first-order valence-electron chi connectivity index (χ1n) is 12.0. The summed E-state index contributed by atoms with van der Waals surface area (Å²) in [4.78, 5) is 16.7. The van der Waals surface area contributed by atoms with Crippen molar-refractivity contribution in [3.8, 4) is 22.8 Å². The Morgan fingerprint density at radius 1 is 1.03 bits per heavy atom. The molecule has 0 aliphatic rings. The van der Waals surface area contributed by atoms with Gasteiger partial charge in [0.15, 0.2) is 0 Å². The van der Waals surface area contributed by atoms with Crippen LogP contribution in [0.5, 0.6) is 11.5 Å². The zero-order chi connectivity index (χ0) is 27.1. The molecule has 4 aromatic rings. The van der Waals surface area contributed by atoms with Gasteiger partial charge in [-0.3, -0.25) is 9.67 Å². The highest BCUT2D eigenvalue weighted by atomic mass is 16.6. The van der Waals surface area contributed by atoms with Gasteiger partial charge in [0.25, 0.3) is 0 Å². The highest BCUT2D eigenvalue weighted by Crippen LogP contribution is 2.35. The second kappa shape index (κ2) is 12.2. The molecule has 2 aromatic heterocycles. The number of fused-ring (bicyclic) bond motifs is 1. The number of hydrogen-bond acceptors (Lipinski definition) is 9. The van der Waals surface area contributed by atoms with Gasteiger partial charge in [0, 0.05) is 48.4 Å². The fraction of sp³-hybridized carbons (Fsp3) is 0.250. The minimum Gasteiger partial charge on any atom is -0.497 e. The third-order valence-electron chi connectivity index (χ3n) is 5.81. The van der Waals surface area contributed by atoms with Crippen LogP contribution in [-0.4, -0.2) is 54.2 Å². The van der Waals surface area contributed by atoms with Crippen molar-refractivity contribution < 1.29 is 19.0 Å². The Balaban J connectivity index is 1.78. The predicted octanol–water partition coefficient (Wildman–Crippen LogP) is 4.65. The lowest BCUT2D eigenvalue weighted by Crippen LogP contribution is -2.22. The fourth-order valence-electron chi connectivity index (χ4n) is 3.94. The summed E-state index contributed by atoms with van der Waals surface area (Å²) in [5, 5.41) is 4.39. The third kappa shape index (κ3) is 6.28. The lowest BCUT2D eigenvalue weighted by atomic mass is 10.1. The number of anilines is 2. The molecular formula is C28H32N6O4. The van der Waals surface area contributed by atoms with Gasteiger partial charge in [-0.25, -0.2) is 4.98 Å². The van der Waals surface area contributed by atoms with Crippen LogP contribution < -0.4 is 20.3 Å². The van der Waals surface area contributed by atoms with E-state index in [1.807, 2.05) is 59.1 Å². The Hall–Kier alpha value is -4.41. The summed E-state index contributed by atoms with van der Waals surface area (Å²) in [6.45, 7) is 7.38. The maximum absolute atomic E-state index is 5.62. The summed E-state index contributed by atoms with van der Waals surface area (Å²) < 4.78 is 18.0. The van der Waals surface area contributed by atoms with Crippen LogP contribution >= 0.6 is 0 Å². The molecule has 0 saturated heterocycles. The van der Waals surface area contributed by atoms with Crippen LogP contribution in [0.25, 0.3) is 22.3 Å². The Morgan fingerprint density at radius 3 is 2.45 bits per heavy atom. The maximum atomic E-state index is 5.62. The van der Waals surface area contributed by atoms with Crippen molar-refractivity contribution in [3.05, 3.63) is 79.0 Å². The number of aromatic nitrogens is 4. The van der Waals surface area contributed by atoms with E-state index in [1.54, 1.807) is 39.8 Å². The van der Waals surface area contributed by atoms with Gasteiger partial charge in [-0.1, -0.05) is 12.2 Å². The molecule has 198 valence electrons. The number of hydrogen-bond donors (Lipinski definition) is 1. The lowest BCUT2D eigenvalue weighted by molar-refractivity contribution is 0.183. The molecule has 2 N–H and O–H groups in total. The predicted molar refractivity (Wildman–Crippen MR) is 147 cm³/mol. The number of nitrogens with two attached hydrogens (primary N) is 1. The largest absolute Gasteiger partial charge is 0.497 e. The van der Waals surface area contributed by atoms with E-state index in [0.717, 1.165) is 39.2 Å². The Kier molecular flexibility index (Phi) is 8.57. The van der Waals surface area contributed by atoms with E-state index in [4.69, 9.17) is 29.9 Å². The monoisotopic (exact) mass is 516 g/mol. The zero-order valence-electron chi connectivity index (χ0n) is 22.0. The first-order chi connectivity index (χ1) is 18.4. The topological polar surface area (TPSA) is 110 Å². The van der Waals surface area contributed by atoms with E-state index < -0.39 is 0 Å². The molecular weight excluding hydrogens is 484 g/mol. The van der Waals surface area contributed by atoms with E-state index in [9.17, 15) is 0 Å². The molecule has 0 radical (unpaired) electrons. The van der Waals surface area contributed by atoms with E-state index in [2.05, 4.69) is 16.7 Å². The number of ether oxygens (including phenoxy) is 3. The van der Waals surface area contributed by atoms with Crippen molar-refractivity contribution in [3.63, 3.8) is 0 Å². The first-order valence-corrected chi connectivity index (χ1v) is 12.0. The summed E-state index contributed by atoms with van der Waals surface area (Å²) in [5.74, 6) is 7.45. The smallest absolute Gasteiger partial charge is 0.143 e. The highest BCUT2D eigenvalue weighted by molar-refractivity contribution is 5.83. The zero-order valence-corrected chi connectivity index (χ0v) is 22.0. The molecule has 0 aliphatic heterocycles. The Morgan fingerprint density at radius 2 is 1.79 bits per heavy atom. The summed E-state index contributed by atoms with van der Waals surface area (Å²) >= 11 is 0. The minimum absolute atomic E-state index is 0.324. The number of allylic oxidation sites excluding steroid dienone is 2. The van der Waals surface area contributed by atoms with Crippen molar-refractivity contribution >= 4 is 22.4 Å². The van der Waals surface area contributed by atoms with Gasteiger partial charge in [0.1, 0.15) is 17.3 Å². The van der Waals surface area contributed by atoms with Crippen molar-refractivity contribution in [1.82, 2.24) is 19.7 Å². The molecule has 0 fully saturated rings. The molecule has 0 aliphatic carbocycles. The van der Waals surface area contributed by atoms with Crippen LogP contribution in [0.3, 0.4) is 0 Å². The number of methoxy groups -OCH3 is 3. The molecule has 2 aromatic carbocycles. The molecule has 0 spiro atoms. The molecule has 0 atom stereocenters. The summed E-state index contributed by atoms with van der Waals surface area (Å²) in [5.41, 5.74) is 5.56. The molecule has 0 amide bonds. The number of benzene rings is 2. The average molecular weight is 517 g/mol. The normalized spacial score (nSPS) is 11.4. The average Bonchev–Trinajstić information content (AvgIpc) is 3.42. The van der Waals surface area contributed by atoms with Gasteiger partial charge in [0.2, 0.25) is 0 Å². The highest BCUT2D eigenvalue weighted by Gasteiger charge is 2.17. The van der Waals surface area contributed by atoms with Crippen molar-refractivity contribution in [2.24, 2.45) is 5.90 Å². The van der Waals surface area contributed by atoms with Crippen LogP contribution in [0.1, 0.15) is 6.92 Å². The summed E-state index contributed by atoms with van der Waals surface area (Å²) in [6, 6.07) is 11.5. The Labute approximate surface area is 221 Å². The standard InChI is InChI=1S/C28H32N6O4/c1-19(2)10-25(38-29)18-34(22-11-23(36-4)14-24(12-22)37-5)21-6-7-26-27(13-21)32-28(16-30-26)20-15-31-33(17-20)8-9-35-3/h6-7,10-17H,1,8-9,18,29H2,2-5H3/b25-10-. The number of nitrogens with zero attached hydrogens (tertiary/aromatic N) is 5. The molecule has 2 heterocycles.